The molecule has 1 fully saturated rings. The van der Waals surface area contributed by atoms with Crippen molar-refractivity contribution in [3.63, 3.8) is 0 Å². The second kappa shape index (κ2) is 9.81. The van der Waals surface area contributed by atoms with Gasteiger partial charge in [0.15, 0.2) is 17.7 Å². The third-order valence-electron chi connectivity index (χ3n) is 5.88. The van der Waals surface area contributed by atoms with Crippen molar-refractivity contribution >= 4 is 27.4 Å². The number of benzene rings is 3. The Morgan fingerprint density at radius 3 is 2.12 bits per heavy atom. The van der Waals surface area contributed by atoms with Crippen LogP contribution >= 0.6 is 11.8 Å². The Labute approximate surface area is 199 Å². The number of rotatable bonds is 7. The molecule has 1 aliphatic rings. The Hall–Kier alpha value is -2.45. The molecule has 3 aromatic rings. The number of carbonyl (C=O) groups is 1. The Balaban J connectivity index is 1.52. The summed E-state index contributed by atoms with van der Waals surface area (Å²) < 4.78 is 37.5. The van der Waals surface area contributed by atoms with Crippen LogP contribution in [0.25, 0.3) is 0 Å². The van der Waals surface area contributed by atoms with Gasteiger partial charge in [0.1, 0.15) is 0 Å². The third-order valence-corrected chi connectivity index (χ3v) is 8.98. The molecule has 0 aromatic heterocycles. The lowest BCUT2D eigenvalue weighted by Crippen LogP contribution is -2.50. The molecule has 3 atom stereocenters. The van der Waals surface area contributed by atoms with Crippen LogP contribution in [-0.4, -0.2) is 32.9 Å². The smallest absolute Gasteiger partial charge is 0.206 e. The number of methoxy groups -OCH3 is 1. The van der Waals surface area contributed by atoms with E-state index >= 15 is 0 Å². The molecule has 1 heterocycles. The molecule has 0 saturated carbocycles. The van der Waals surface area contributed by atoms with E-state index in [0.717, 1.165) is 5.75 Å². The molecule has 0 aliphatic carbocycles. The summed E-state index contributed by atoms with van der Waals surface area (Å²) in [5.74, 6) is 0.699. The van der Waals surface area contributed by atoms with Crippen molar-refractivity contribution in [1.29, 1.82) is 0 Å². The van der Waals surface area contributed by atoms with Crippen LogP contribution in [0.2, 0.25) is 0 Å². The van der Waals surface area contributed by atoms with Gasteiger partial charge in [-0.05, 0) is 42.3 Å². The average molecular weight is 483 g/mol. The van der Waals surface area contributed by atoms with Crippen molar-refractivity contribution in [3.05, 3.63) is 96.1 Å². The first-order valence-electron chi connectivity index (χ1n) is 10.6. The van der Waals surface area contributed by atoms with Crippen molar-refractivity contribution < 1.29 is 22.7 Å². The fourth-order valence-corrected chi connectivity index (χ4v) is 6.35. The second-order valence-electron chi connectivity index (χ2n) is 8.06. The molecule has 0 radical (unpaired) electrons. The van der Waals surface area contributed by atoms with Crippen LogP contribution in [0.4, 0.5) is 0 Å². The van der Waals surface area contributed by atoms with Crippen LogP contribution in [0.15, 0.2) is 94.7 Å². The summed E-state index contributed by atoms with van der Waals surface area (Å²) in [6.45, 7) is 1.72. The summed E-state index contributed by atoms with van der Waals surface area (Å²) in [7, 11) is -2.06. The standard InChI is InChI=1S/C26H26O5S2/c1-26(20-13-15-22(16-14-20)33(28,29)21-11-7-4-8-12-21)24(27)17-23(25(30-2)31-26)32-18-19-9-5-3-6-10-19/h3-16,23,25H,17-18H2,1-2H3/t23-,25+,26+/m1/s1. The van der Waals surface area contributed by atoms with Gasteiger partial charge in [-0.15, -0.1) is 11.8 Å². The molecular formula is C26H26O5S2. The van der Waals surface area contributed by atoms with Crippen LogP contribution in [0.3, 0.4) is 0 Å². The van der Waals surface area contributed by atoms with Gasteiger partial charge in [0.25, 0.3) is 0 Å². The van der Waals surface area contributed by atoms with E-state index < -0.39 is 21.7 Å². The average Bonchev–Trinajstić information content (AvgIpc) is 2.85. The Morgan fingerprint density at radius 1 is 0.939 bits per heavy atom. The SMILES string of the molecule is CO[C@H]1O[C@@](C)(c2ccc(S(=O)(=O)c3ccccc3)cc2)C(=O)C[C@H]1SCc1ccccc1. The van der Waals surface area contributed by atoms with E-state index in [2.05, 4.69) is 12.1 Å². The predicted molar refractivity (Wildman–Crippen MR) is 129 cm³/mol. The number of sulfone groups is 1. The van der Waals surface area contributed by atoms with Gasteiger partial charge >= 0.3 is 0 Å². The van der Waals surface area contributed by atoms with Crippen molar-refractivity contribution in [1.82, 2.24) is 0 Å². The number of thioether (sulfide) groups is 1. The fraction of sp³-hybridized carbons (Fsp3) is 0.269. The maximum atomic E-state index is 13.2. The first kappa shape index (κ1) is 23.7. The van der Waals surface area contributed by atoms with Crippen LogP contribution in [0.1, 0.15) is 24.5 Å². The molecule has 0 N–H and O–H groups in total. The Morgan fingerprint density at radius 2 is 1.52 bits per heavy atom. The second-order valence-corrected chi connectivity index (χ2v) is 11.2. The van der Waals surface area contributed by atoms with Crippen LogP contribution < -0.4 is 0 Å². The first-order valence-corrected chi connectivity index (χ1v) is 13.2. The quantitative estimate of drug-likeness (QED) is 0.472. The molecule has 33 heavy (non-hydrogen) atoms. The van der Waals surface area contributed by atoms with Crippen molar-refractivity contribution in [3.8, 4) is 0 Å². The summed E-state index contributed by atoms with van der Waals surface area (Å²) in [4.78, 5) is 13.6. The van der Waals surface area contributed by atoms with E-state index in [4.69, 9.17) is 9.47 Å². The van der Waals surface area contributed by atoms with Gasteiger partial charge in [-0.3, -0.25) is 4.79 Å². The van der Waals surface area contributed by atoms with E-state index in [9.17, 15) is 13.2 Å². The summed E-state index contributed by atoms with van der Waals surface area (Å²) in [5.41, 5.74) is 0.570. The molecule has 0 amide bonds. The Bertz CT molecular complexity index is 1190. The van der Waals surface area contributed by atoms with Gasteiger partial charge in [0, 0.05) is 19.3 Å². The number of hydrogen-bond donors (Lipinski definition) is 0. The molecule has 0 unspecified atom stereocenters. The number of carbonyl (C=O) groups excluding carboxylic acids is 1. The lowest BCUT2D eigenvalue weighted by molar-refractivity contribution is -0.215. The van der Waals surface area contributed by atoms with E-state index in [0.29, 0.717) is 12.0 Å². The van der Waals surface area contributed by atoms with E-state index in [1.165, 1.54) is 17.7 Å². The highest BCUT2D eigenvalue weighted by Gasteiger charge is 2.46. The van der Waals surface area contributed by atoms with Crippen molar-refractivity contribution in [2.24, 2.45) is 0 Å². The summed E-state index contributed by atoms with van der Waals surface area (Å²) in [6.07, 6.45) is -0.259. The van der Waals surface area contributed by atoms with Gasteiger partial charge in [-0.1, -0.05) is 60.7 Å². The predicted octanol–water partition coefficient (Wildman–Crippen LogP) is 5.00. The van der Waals surface area contributed by atoms with Gasteiger partial charge < -0.3 is 9.47 Å². The number of ketones is 1. The topological polar surface area (TPSA) is 69.7 Å². The van der Waals surface area contributed by atoms with Crippen molar-refractivity contribution in [2.75, 3.05) is 7.11 Å². The minimum atomic E-state index is -3.63. The normalized spacial score (nSPS) is 23.4. The zero-order chi connectivity index (χ0) is 23.5. The van der Waals surface area contributed by atoms with E-state index in [1.54, 1.807) is 68.3 Å². The van der Waals surface area contributed by atoms with Crippen LogP contribution in [-0.2, 0) is 35.5 Å². The highest BCUT2D eigenvalue weighted by molar-refractivity contribution is 7.99. The van der Waals surface area contributed by atoms with E-state index in [-0.39, 0.29) is 20.8 Å². The molecule has 4 rings (SSSR count). The van der Waals surface area contributed by atoms with E-state index in [1.807, 2.05) is 18.2 Å². The molecule has 0 bridgehead atoms. The van der Waals surface area contributed by atoms with Gasteiger partial charge in [-0.2, -0.15) is 0 Å². The monoisotopic (exact) mass is 482 g/mol. The van der Waals surface area contributed by atoms with Crippen LogP contribution in [0.5, 0.6) is 0 Å². The highest BCUT2D eigenvalue weighted by Crippen LogP contribution is 2.40. The minimum Gasteiger partial charge on any atom is -0.355 e. The highest BCUT2D eigenvalue weighted by atomic mass is 32.2. The molecule has 0 spiro atoms. The molecule has 1 saturated heterocycles. The van der Waals surface area contributed by atoms with Gasteiger partial charge in [-0.25, -0.2) is 8.42 Å². The molecular weight excluding hydrogens is 456 g/mol. The fourth-order valence-electron chi connectivity index (χ4n) is 3.88. The lowest BCUT2D eigenvalue weighted by atomic mass is 9.86. The largest absolute Gasteiger partial charge is 0.355 e. The number of ether oxygens (including phenoxy) is 2. The summed E-state index contributed by atoms with van der Waals surface area (Å²) in [6, 6.07) is 24.7. The molecule has 7 heteroatoms. The minimum absolute atomic E-state index is 0.0555. The summed E-state index contributed by atoms with van der Waals surface area (Å²) >= 11 is 1.64. The number of Topliss-reactive ketones (excluding diaryl/α,β-unsaturated/α-hetero) is 1. The summed E-state index contributed by atoms with van der Waals surface area (Å²) in [5, 5.41) is -0.131. The van der Waals surface area contributed by atoms with Gasteiger partial charge in [0.2, 0.25) is 9.84 Å². The van der Waals surface area contributed by atoms with Crippen molar-refractivity contribution in [2.45, 2.75) is 46.0 Å². The zero-order valence-corrected chi connectivity index (χ0v) is 20.1. The molecule has 3 aromatic carbocycles. The molecule has 5 nitrogen and oxygen atoms in total. The maximum absolute atomic E-state index is 13.2. The maximum Gasteiger partial charge on any atom is 0.206 e. The third kappa shape index (κ3) is 4.92. The molecule has 172 valence electrons. The Kier molecular flexibility index (Phi) is 7.05. The van der Waals surface area contributed by atoms with Gasteiger partial charge in [0.05, 0.1) is 15.0 Å². The van der Waals surface area contributed by atoms with Crippen LogP contribution in [0, 0.1) is 0 Å². The number of hydrogen-bond acceptors (Lipinski definition) is 6. The molecule has 1 aliphatic heterocycles. The first-order chi connectivity index (χ1) is 15.8. The lowest BCUT2D eigenvalue weighted by Gasteiger charge is -2.41. The zero-order valence-electron chi connectivity index (χ0n) is 18.5.